The van der Waals surface area contributed by atoms with E-state index < -0.39 is 0 Å². The van der Waals surface area contributed by atoms with Gasteiger partial charge < -0.3 is 10.3 Å². The van der Waals surface area contributed by atoms with Crippen molar-refractivity contribution in [2.24, 2.45) is 0 Å². The molecule has 17 heavy (non-hydrogen) atoms. The minimum atomic E-state index is -0.267. The summed E-state index contributed by atoms with van der Waals surface area (Å²) in [6.07, 6.45) is 0.905. The van der Waals surface area contributed by atoms with Crippen LogP contribution in [0.5, 0.6) is 0 Å². The Morgan fingerprint density at radius 3 is 3.00 bits per heavy atom. The van der Waals surface area contributed by atoms with Crippen molar-refractivity contribution < 1.29 is 4.39 Å². The minimum absolute atomic E-state index is 0.123. The maximum Gasteiger partial charge on any atom is 0.326 e. The largest absolute Gasteiger partial charge is 0.326 e. The molecule has 0 aliphatic carbocycles. The number of H-pyrrole nitrogens is 1. The molecule has 1 fully saturated rings. The van der Waals surface area contributed by atoms with Gasteiger partial charge in [0.15, 0.2) is 0 Å². The Bertz CT molecular complexity index is 622. The molecule has 2 N–H and O–H groups in total. The van der Waals surface area contributed by atoms with Crippen LogP contribution in [0.1, 0.15) is 18.0 Å². The van der Waals surface area contributed by atoms with Gasteiger partial charge in [-0.15, -0.1) is 0 Å². The summed E-state index contributed by atoms with van der Waals surface area (Å²) >= 11 is 0. The number of hydrogen-bond donors (Lipinski definition) is 2. The first-order chi connectivity index (χ1) is 8.16. The van der Waals surface area contributed by atoms with Crippen LogP contribution in [0.3, 0.4) is 0 Å². The second-order valence-electron chi connectivity index (χ2n) is 4.57. The highest BCUT2D eigenvalue weighted by molar-refractivity contribution is 5.76. The number of imidazole rings is 1. The number of fused-ring (bicyclic) bond motifs is 1. The predicted octanol–water partition coefficient (Wildman–Crippen LogP) is 1.31. The molecule has 2 aromatic rings. The van der Waals surface area contributed by atoms with Gasteiger partial charge in [-0.3, -0.25) is 4.57 Å². The van der Waals surface area contributed by atoms with Crippen LogP contribution >= 0.6 is 0 Å². The van der Waals surface area contributed by atoms with Crippen molar-refractivity contribution in [3.63, 3.8) is 0 Å². The number of nitrogens with one attached hydrogen (secondary N) is 2. The van der Waals surface area contributed by atoms with Gasteiger partial charge >= 0.3 is 5.69 Å². The lowest BCUT2D eigenvalue weighted by Crippen LogP contribution is -2.23. The van der Waals surface area contributed by atoms with Crippen molar-refractivity contribution in [3.8, 4) is 0 Å². The van der Waals surface area contributed by atoms with Crippen LogP contribution in [0.15, 0.2) is 16.9 Å². The average Bonchev–Trinajstić information content (AvgIpc) is 2.86. The molecule has 0 radical (unpaired) electrons. The van der Waals surface area contributed by atoms with E-state index in [9.17, 15) is 9.18 Å². The number of aromatic amines is 1. The third-order valence-electron chi connectivity index (χ3n) is 3.40. The van der Waals surface area contributed by atoms with E-state index in [1.54, 1.807) is 17.6 Å². The van der Waals surface area contributed by atoms with E-state index in [0.29, 0.717) is 16.6 Å². The molecule has 1 saturated heterocycles. The summed E-state index contributed by atoms with van der Waals surface area (Å²) in [5.41, 5.74) is 1.77. The van der Waals surface area contributed by atoms with Gasteiger partial charge in [-0.1, -0.05) is 0 Å². The summed E-state index contributed by atoms with van der Waals surface area (Å²) in [5.74, 6) is -0.267. The number of benzene rings is 1. The summed E-state index contributed by atoms with van der Waals surface area (Å²) in [6, 6.07) is 3.25. The highest BCUT2D eigenvalue weighted by Gasteiger charge is 2.21. The van der Waals surface area contributed by atoms with Crippen molar-refractivity contribution in [2.45, 2.75) is 19.4 Å². The first kappa shape index (κ1) is 10.5. The number of rotatable bonds is 1. The highest BCUT2D eigenvalue weighted by Crippen LogP contribution is 2.21. The monoisotopic (exact) mass is 235 g/mol. The topological polar surface area (TPSA) is 49.8 Å². The first-order valence-corrected chi connectivity index (χ1v) is 5.78. The van der Waals surface area contributed by atoms with E-state index in [1.807, 2.05) is 0 Å². The summed E-state index contributed by atoms with van der Waals surface area (Å²) < 4.78 is 15.2. The van der Waals surface area contributed by atoms with Crippen LogP contribution in [-0.4, -0.2) is 22.6 Å². The Morgan fingerprint density at radius 2 is 2.29 bits per heavy atom. The Hall–Kier alpha value is -1.62. The van der Waals surface area contributed by atoms with Gasteiger partial charge in [0.05, 0.1) is 17.1 Å². The zero-order chi connectivity index (χ0) is 12.0. The Kier molecular flexibility index (Phi) is 2.29. The molecule has 0 amide bonds. The van der Waals surface area contributed by atoms with E-state index in [0.717, 1.165) is 19.5 Å². The molecule has 1 aromatic carbocycles. The second kappa shape index (κ2) is 3.70. The molecule has 1 unspecified atom stereocenters. The van der Waals surface area contributed by atoms with E-state index in [1.165, 1.54) is 6.07 Å². The molecule has 1 aliphatic rings. The fraction of sp³-hybridized carbons (Fsp3) is 0.417. The molecule has 1 atom stereocenters. The normalized spacial score (nSPS) is 20.2. The van der Waals surface area contributed by atoms with Gasteiger partial charge in [-0.2, -0.15) is 0 Å². The third-order valence-corrected chi connectivity index (χ3v) is 3.40. The smallest absolute Gasteiger partial charge is 0.315 e. The predicted molar refractivity (Wildman–Crippen MR) is 63.8 cm³/mol. The molecule has 0 bridgehead atoms. The van der Waals surface area contributed by atoms with Gasteiger partial charge in [0.1, 0.15) is 5.82 Å². The number of aryl methyl sites for hydroxylation is 1. The van der Waals surface area contributed by atoms with Crippen LogP contribution < -0.4 is 11.0 Å². The number of halogens is 1. The van der Waals surface area contributed by atoms with Gasteiger partial charge in [-0.05, 0) is 31.5 Å². The van der Waals surface area contributed by atoms with Crippen molar-refractivity contribution >= 4 is 11.0 Å². The van der Waals surface area contributed by atoms with Gasteiger partial charge in [0.2, 0.25) is 0 Å². The average molecular weight is 235 g/mol. The van der Waals surface area contributed by atoms with Crippen LogP contribution in [0.2, 0.25) is 0 Å². The van der Waals surface area contributed by atoms with E-state index in [-0.39, 0.29) is 17.5 Å². The lowest BCUT2D eigenvalue weighted by atomic mass is 10.2. The molecule has 90 valence electrons. The number of aromatic nitrogens is 2. The highest BCUT2D eigenvalue weighted by atomic mass is 19.1. The van der Waals surface area contributed by atoms with Crippen molar-refractivity contribution in [1.29, 1.82) is 0 Å². The van der Waals surface area contributed by atoms with E-state index in [4.69, 9.17) is 0 Å². The van der Waals surface area contributed by atoms with Crippen LogP contribution in [0, 0.1) is 12.7 Å². The summed E-state index contributed by atoms with van der Waals surface area (Å²) in [6.45, 7) is 3.36. The maximum absolute atomic E-state index is 13.6. The standard InChI is InChI=1S/C12H14FN3O/c1-7-4-10-11(5-9(7)13)16(12(17)15-10)8-2-3-14-6-8/h4-5,8,14H,2-3,6H2,1H3,(H,15,17). The summed E-state index contributed by atoms with van der Waals surface area (Å²) in [5, 5.41) is 3.21. The molecule has 4 nitrogen and oxygen atoms in total. The van der Waals surface area contributed by atoms with Crippen molar-refractivity contribution in [2.75, 3.05) is 13.1 Å². The van der Waals surface area contributed by atoms with Gasteiger partial charge in [0.25, 0.3) is 0 Å². The molecule has 0 spiro atoms. The molecule has 1 aromatic heterocycles. The second-order valence-corrected chi connectivity index (χ2v) is 4.57. The fourth-order valence-corrected chi connectivity index (χ4v) is 2.48. The molecule has 0 saturated carbocycles. The lowest BCUT2D eigenvalue weighted by molar-refractivity contribution is 0.544. The molecule has 5 heteroatoms. The molecule has 1 aliphatic heterocycles. The Balaban J connectivity index is 2.26. The van der Waals surface area contributed by atoms with Crippen LogP contribution in [0.25, 0.3) is 11.0 Å². The van der Waals surface area contributed by atoms with Crippen LogP contribution in [-0.2, 0) is 0 Å². The number of nitrogens with zero attached hydrogens (tertiary/aromatic N) is 1. The quantitative estimate of drug-likeness (QED) is 0.783. The van der Waals surface area contributed by atoms with Gasteiger partial charge in [0, 0.05) is 12.6 Å². The molecule has 2 heterocycles. The van der Waals surface area contributed by atoms with Gasteiger partial charge in [-0.25, -0.2) is 9.18 Å². The lowest BCUT2D eigenvalue weighted by Gasteiger charge is -2.10. The zero-order valence-electron chi connectivity index (χ0n) is 9.59. The Morgan fingerprint density at radius 1 is 1.47 bits per heavy atom. The summed E-state index contributed by atoms with van der Waals surface area (Å²) in [4.78, 5) is 14.7. The number of hydrogen-bond acceptors (Lipinski definition) is 2. The molecular formula is C12H14FN3O. The first-order valence-electron chi connectivity index (χ1n) is 5.78. The fourth-order valence-electron chi connectivity index (χ4n) is 2.48. The van der Waals surface area contributed by atoms with Crippen LogP contribution in [0.4, 0.5) is 4.39 Å². The zero-order valence-corrected chi connectivity index (χ0v) is 9.59. The molecular weight excluding hydrogens is 221 g/mol. The molecule has 3 rings (SSSR count). The van der Waals surface area contributed by atoms with Crippen molar-refractivity contribution in [3.05, 3.63) is 34.0 Å². The van der Waals surface area contributed by atoms with Crippen molar-refractivity contribution in [1.82, 2.24) is 14.9 Å². The van der Waals surface area contributed by atoms with E-state index in [2.05, 4.69) is 10.3 Å². The maximum atomic E-state index is 13.6. The van der Waals surface area contributed by atoms with E-state index >= 15 is 0 Å². The Labute approximate surface area is 97.4 Å². The minimum Gasteiger partial charge on any atom is -0.315 e. The summed E-state index contributed by atoms with van der Waals surface area (Å²) in [7, 11) is 0. The third kappa shape index (κ3) is 1.58. The SMILES string of the molecule is Cc1cc2[nH]c(=O)n(C3CCNC3)c2cc1F.